The van der Waals surface area contributed by atoms with Gasteiger partial charge >= 0.3 is 0 Å². The minimum Gasteiger partial charge on any atom is -0.397 e. The highest BCUT2D eigenvalue weighted by Gasteiger charge is 1.98. The van der Waals surface area contributed by atoms with Crippen molar-refractivity contribution < 1.29 is 0 Å². The molecule has 0 unspecified atom stereocenters. The minimum absolute atomic E-state index is 0. The fourth-order valence-electron chi connectivity index (χ4n) is 0.959. The van der Waals surface area contributed by atoms with Crippen LogP contribution in [-0.4, -0.2) is 14.8 Å². The van der Waals surface area contributed by atoms with E-state index in [1.54, 1.807) is 23.1 Å². The number of nitrogen functional groups attached to an aromatic ring is 1. The van der Waals surface area contributed by atoms with Crippen LogP contribution in [0.5, 0.6) is 0 Å². The molecular formula is C8H8BrClN4. The summed E-state index contributed by atoms with van der Waals surface area (Å²) < 4.78 is 2.59. The molecule has 6 heteroatoms. The van der Waals surface area contributed by atoms with Crippen molar-refractivity contribution in [3.8, 4) is 5.82 Å². The molecule has 0 saturated heterocycles. The van der Waals surface area contributed by atoms with Crippen molar-refractivity contribution in [1.82, 2.24) is 14.8 Å². The quantitative estimate of drug-likeness (QED) is 0.866. The van der Waals surface area contributed by atoms with Gasteiger partial charge < -0.3 is 5.73 Å². The molecule has 2 aromatic heterocycles. The Morgan fingerprint density at radius 1 is 1.29 bits per heavy atom. The SMILES string of the molecule is Cl.Nc1ccc(-n2cc(Br)cn2)nc1. The summed E-state index contributed by atoms with van der Waals surface area (Å²) in [5.41, 5.74) is 6.16. The number of hydrogen-bond acceptors (Lipinski definition) is 3. The highest BCUT2D eigenvalue weighted by molar-refractivity contribution is 9.10. The molecule has 0 saturated carbocycles. The van der Waals surface area contributed by atoms with Gasteiger partial charge in [-0.15, -0.1) is 12.4 Å². The zero-order chi connectivity index (χ0) is 9.26. The largest absolute Gasteiger partial charge is 0.397 e. The van der Waals surface area contributed by atoms with E-state index in [-0.39, 0.29) is 12.4 Å². The first kappa shape index (κ1) is 11.0. The first-order valence-corrected chi connectivity index (χ1v) is 4.47. The molecule has 0 spiro atoms. The topological polar surface area (TPSA) is 56.7 Å². The molecule has 2 N–H and O–H groups in total. The number of aromatic nitrogens is 3. The Morgan fingerprint density at radius 3 is 2.57 bits per heavy atom. The Hall–Kier alpha value is -1.07. The van der Waals surface area contributed by atoms with Gasteiger partial charge in [0.1, 0.15) is 0 Å². The third-order valence-electron chi connectivity index (χ3n) is 1.56. The molecule has 14 heavy (non-hydrogen) atoms. The Bertz CT molecular complexity index is 412. The second-order valence-electron chi connectivity index (χ2n) is 2.55. The summed E-state index contributed by atoms with van der Waals surface area (Å²) in [6.45, 7) is 0. The molecule has 0 bridgehead atoms. The van der Waals surface area contributed by atoms with E-state index in [2.05, 4.69) is 26.0 Å². The number of pyridine rings is 1. The summed E-state index contributed by atoms with van der Waals surface area (Å²) in [4.78, 5) is 4.12. The standard InChI is InChI=1S/C8H7BrN4.ClH/c9-6-3-12-13(5-6)8-2-1-7(10)4-11-8;/h1-5H,10H2;1H. The molecule has 0 aliphatic carbocycles. The van der Waals surface area contributed by atoms with Gasteiger partial charge in [-0.1, -0.05) is 0 Å². The fourth-order valence-corrected chi connectivity index (χ4v) is 1.24. The second kappa shape index (κ2) is 4.43. The van der Waals surface area contributed by atoms with Gasteiger partial charge in [-0.05, 0) is 28.1 Å². The van der Waals surface area contributed by atoms with E-state index in [0.717, 1.165) is 10.3 Å². The highest BCUT2D eigenvalue weighted by atomic mass is 79.9. The van der Waals surface area contributed by atoms with Crippen LogP contribution in [-0.2, 0) is 0 Å². The van der Waals surface area contributed by atoms with Crippen LogP contribution < -0.4 is 5.73 Å². The van der Waals surface area contributed by atoms with Crippen LogP contribution in [0, 0.1) is 0 Å². The summed E-state index contributed by atoms with van der Waals surface area (Å²) in [5.74, 6) is 0.750. The summed E-state index contributed by atoms with van der Waals surface area (Å²) >= 11 is 3.31. The first-order valence-electron chi connectivity index (χ1n) is 3.68. The summed E-state index contributed by atoms with van der Waals surface area (Å²) in [5, 5.41) is 4.08. The van der Waals surface area contributed by atoms with E-state index in [1.165, 1.54) is 0 Å². The molecule has 4 nitrogen and oxygen atoms in total. The minimum atomic E-state index is 0. The van der Waals surface area contributed by atoms with E-state index in [0.29, 0.717) is 5.69 Å². The highest BCUT2D eigenvalue weighted by Crippen LogP contribution is 2.11. The molecule has 0 aromatic carbocycles. The zero-order valence-corrected chi connectivity index (χ0v) is 9.49. The fraction of sp³-hybridized carbons (Fsp3) is 0. The molecule has 2 aromatic rings. The monoisotopic (exact) mass is 274 g/mol. The van der Waals surface area contributed by atoms with Crippen LogP contribution in [0.1, 0.15) is 0 Å². The molecule has 74 valence electrons. The van der Waals surface area contributed by atoms with E-state index in [1.807, 2.05) is 12.3 Å². The first-order chi connectivity index (χ1) is 6.25. The van der Waals surface area contributed by atoms with Crippen LogP contribution in [0.4, 0.5) is 5.69 Å². The summed E-state index contributed by atoms with van der Waals surface area (Å²) in [6.07, 6.45) is 5.14. The molecular weight excluding hydrogens is 267 g/mol. The lowest BCUT2D eigenvalue weighted by Gasteiger charge is -1.98. The lowest BCUT2D eigenvalue weighted by molar-refractivity contribution is 0.847. The van der Waals surface area contributed by atoms with E-state index >= 15 is 0 Å². The number of hydrogen-bond donors (Lipinski definition) is 1. The van der Waals surface area contributed by atoms with E-state index in [4.69, 9.17) is 5.73 Å². The molecule has 2 rings (SSSR count). The van der Waals surface area contributed by atoms with E-state index in [9.17, 15) is 0 Å². The molecule has 0 atom stereocenters. The number of nitrogens with zero attached hydrogens (tertiary/aromatic N) is 3. The molecule has 0 radical (unpaired) electrons. The summed E-state index contributed by atoms with van der Waals surface area (Å²) in [7, 11) is 0. The van der Waals surface area contributed by atoms with Crippen LogP contribution in [0.2, 0.25) is 0 Å². The van der Waals surface area contributed by atoms with Gasteiger partial charge in [0.05, 0.1) is 22.6 Å². The number of nitrogens with two attached hydrogens (primary N) is 1. The Kier molecular flexibility index (Phi) is 3.49. The maximum atomic E-state index is 5.51. The molecule has 0 aliphatic rings. The summed E-state index contributed by atoms with van der Waals surface area (Å²) in [6, 6.07) is 3.60. The van der Waals surface area contributed by atoms with Crippen molar-refractivity contribution in [2.75, 3.05) is 5.73 Å². The van der Waals surface area contributed by atoms with Gasteiger partial charge in [0, 0.05) is 6.20 Å². The van der Waals surface area contributed by atoms with Gasteiger partial charge in [-0.25, -0.2) is 9.67 Å². The predicted molar refractivity (Wildman–Crippen MR) is 60.7 cm³/mol. The predicted octanol–water partition coefficient (Wildman–Crippen LogP) is 2.03. The number of anilines is 1. The smallest absolute Gasteiger partial charge is 0.153 e. The normalized spacial score (nSPS) is 9.50. The van der Waals surface area contributed by atoms with Gasteiger partial charge in [0.25, 0.3) is 0 Å². The van der Waals surface area contributed by atoms with Crippen molar-refractivity contribution in [3.05, 3.63) is 35.2 Å². The third kappa shape index (κ3) is 2.24. The maximum Gasteiger partial charge on any atom is 0.153 e. The average Bonchev–Trinajstić information content (AvgIpc) is 2.53. The van der Waals surface area contributed by atoms with Crippen molar-refractivity contribution in [1.29, 1.82) is 0 Å². The molecule has 0 amide bonds. The van der Waals surface area contributed by atoms with Crippen molar-refractivity contribution in [3.63, 3.8) is 0 Å². The van der Waals surface area contributed by atoms with Crippen LogP contribution in [0.25, 0.3) is 5.82 Å². The van der Waals surface area contributed by atoms with Gasteiger partial charge in [-0.3, -0.25) is 0 Å². The van der Waals surface area contributed by atoms with Crippen molar-refractivity contribution in [2.45, 2.75) is 0 Å². The lowest BCUT2D eigenvalue weighted by atomic mass is 10.4. The van der Waals surface area contributed by atoms with Gasteiger partial charge in [0.2, 0.25) is 0 Å². The number of halogens is 2. The Morgan fingerprint density at radius 2 is 2.07 bits per heavy atom. The maximum absolute atomic E-state index is 5.51. The average molecular weight is 276 g/mol. The van der Waals surface area contributed by atoms with Crippen molar-refractivity contribution in [2.24, 2.45) is 0 Å². The van der Waals surface area contributed by atoms with Crippen LogP contribution in [0.15, 0.2) is 35.2 Å². The Labute approximate surface area is 95.7 Å². The molecule has 0 fully saturated rings. The molecule has 0 aliphatic heterocycles. The zero-order valence-electron chi connectivity index (χ0n) is 7.09. The molecule has 2 heterocycles. The van der Waals surface area contributed by atoms with Gasteiger partial charge in [-0.2, -0.15) is 5.10 Å². The number of rotatable bonds is 1. The van der Waals surface area contributed by atoms with Gasteiger partial charge in [0.15, 0.2) is 5.82 Å². The van der Waals surface area contributed by atoms with E-state index < -0.39 is 0 Å². The second-order valence-corrected chi connectivity index (χ2v) is 3.47. The van der Waals surface area contributed by atoms with Crippen LogP contribution in [0.3, 0.4) is 0 Å². The third-order valence-corrected chi connectivity index (χ3v) is 1.97. The van der Waals surface area contributed by atoms with Crippen molar-refractivity contribution >= 4 is 34.0 Å². The lowest BCUT2D eigenvalue weighted by Crippen LogP contribution is -1.97. The van der Waals surface area contributed by atoms with Crippen LogP contribution >= 0.6 is 28.3 Å². The Balaban J connectivity index is 0.000000980.